The maximum Gasteiger partial charge on any atom is 0.309 e. The van der Waals surface area contributed by atoms with Crippen molar-refractivity contribution >= 4 is 16.0 Å². The number of hydrogen-bond donors (Lipinski definition) is 0. The number of methoxy groups -OCH3 is 1. The summed E-state index contributed by atoms with van der Waals surface area (Å²) in [6.45, 7) is 0.699. The molecule has 0 aromatic heterocycles. The van der Waals surface area contributed by atoms with Crippen LogP contribution in [0.1, 0.15) is 18.4 Å². The summed E-state index contributed by atoms with van der Waals surface area (Å²) < 4.78 is 30.9. The molecule has 0 spiro atoms. The number of carbonyl (C=O) groups is 1. The summed E-state index contributed by atoms with van der Waals surface area (Å²) in [7, 11) is -2.05. The molecule has 0 aliphatic carbocycles. The molecule has 5 nitrogen and oxygen atoms in total. The monoisotopic (exact) mass is 297 g/mol. The van der Waals surface area contributed by atoms with Gasteiger partial charge in [-0.15, -0.1) is 0 Å². The van der Waals surface area contributed by atoms with Gasteiger partial charge in [-0.2, -0.15) is 0 Å². The Bertz CT molecular complexity index is 556. The lowest BCUT2D eigenvalue weighted by Gasteiger charge is -2.30. The number of carbonyl (C=O) groups excluding carboxylic acids is 1. The van der Waals surface area contributed by atoms with Gasteiger partial charge < -0.3 is 4.74 Å². The summed E-state index contributed by atoms with van der Waals surface area (Å²) in [6, 6.07) is 9.07. The molecule has 110 valence electrons. The Kier molecular flexibility index (Phi) is 4.77. The summed E-state index contributed by atoms with van der Waals surface area (Å²) >= 11 is 0. The summed E-state index contributed by atoms with van der Waals surface area (Å²) in [6.07, 6.45) is 1.37. The second-order valence-corrected chi connectivity index (χ2v) is 6.93. The zero-order valence-corrected chi connectivity index (χ0v) is 12.3. The molecule has 6 heteroatoms. The van der Waals surface area contributed by atoms with E-state index in [1.54, 1.807) is 12.1 Å². The lowest BCUT2D eigenvalue weighted by Crippen LogP contribution is -2.43. The minimum atomic E-state index is -3.39. The first-order valence-corrected chi connectivity index (χ1v) is 8.23. The summed E-state index contributed by atoms with van der Waals surface area (Å²) in [5, 5.41) is 0. The van der Waals surface area contributed by atoms with E-state index in [0.717, 1.165) is 5.56 Å². The van der Waals surface area contributed by atoms with Crippen LogP contribution in [0, 0.1) is 5.92 Å². The van der Waals surface area contributed by atoms with E-state index in [9.17, 15) is 13.2 Å². The van der Waals surface area contributed by atoms with Crippen molar-refractivity contribution < 1.29 is 17.9 Å². The number of esters is 1. The van der Waals surface area contributed by atoms with Crippen molar-refractivity contribution in [1.82, 2.24) is 4.31 Å². The highest BCUT2D eigenvalue weighted by Gasteiger charge is 2.32. The second-order valence-electron chi connectivity index (χ2n) is 4.96. The van der Waals surface area contributed by atoms with E-state index in [2.05, 4.69) is 0 Å². The third-order valence-electron chi connectivity index (χ3n) is 3.50. The minimum absolute atomic E-state index is 0.0261. The molecule has 1 aliphatic heterocycles. The lowest BCUT2D eigenvalue weighted by molar-refractivity contribution is -0.146. The van der Waals surface area contributed by atoms with Gasteiger partial charge in [-0.25, -0.2) is 12.7 Å². The van der Waals surface area contributed by atoms with Crippen LogP contribution in [0.4, 0.5) is 0 Å². The van der Waals surface area contributed by atoms with Crippen molar-refractivity contribution in [3.8, 4) is 0 Å². The van der Waals surface area contributed by atoms with Gasteiger partial charge in [-0.1, -0.05) is 30.3 Å². The Morgan fingerprint density at radius 2 is 2.05 bits per heavy atom. The predicted octanol–water partition coefficient (Wildman–Crippen LogP) is 1.40. The molecule has 0 amide bonds. The topological polar surface area (TPSA) is 63.7 Å². The first kappa shape index (κ1) is 15.0. The van der Waals surface area contributed by atoms with Gasteiger partial charge in [0.25, 0.3) is 0 Å². The average Bonchev–Trinajstić information content (AvgIpc) is 2.47. The molecule has 0 radical (unpaired) electrons. The number of hydrogen-bond acceptors (Lipinski definition) is 4. The van der Waals surface area contributed by atoms with Crippen molar-refractivity contribution in [2.75, 3.05) is 20.2 Å². The molecule has 0 saturated carbocycles. The van der Waals surface area contributed by atoms with Gasteiger partial charge in [0.15, 0.2) is 0 Å². The van der Waals surface area contributed by atoms with Crippen molar-refractivity contribution in [2.24, 2.45) is 5.92 Å². The highest BCUT2D eigenvalue weighted by molar-refractivity contribution is 7.88. The van der Waals surface area contributed by atoms with E-state index in [4.69, 9.17) is 4.74 Å². The van der Waals surface area contributed by atoms with E-state index < -0.39 is 10.0 Å². The fourth-order valence-corrected chi connectivity index (χ4v) is 4.04. The number of piperidine rings is 1. The number of sulfonamides is 1. The molecule has 1 aliphatic rings. The van der Waals surface area contributed by atoms with Gasteiger partial charge in [-0.05, 0) is 18.4 Å². The molecule has 1 atom stereocenters. The van der Waals surface area contributed by atoms with Crippen LogP contribution in [-0.4, -0.2) is 38.9 Å². The highest BCUT2D eigenvalue weighted by atomic mass is 32.2. The standard InChI is InChI=1S/C14H19NO4S/c1-19-14(16)13-8-5-9-15(10-13)20(17,18)11-12-6-3-2-4-7-12/h2-4,6-7,13H,5,8-11H2,1H3/t13-/m0/s1. The van der Waals surface area contributed by atoms with Gasteiger partial charge in [0, 0.05) is 13.1 Å². The molecule has 0 N–H and O–H groups in total. The van der Waals surface area contributed by atoms with Gasteiger partial charge in [0.05, 0.1) is 18.8 Å². The van der Waals surface area contributed by atoms with Crippen LogP contribution in [0.2, 0.25) is 0 Å². The Labute approximate surface area is 119 Å². The van der Waals surface area contributed by atoms with Gasteiger partial charge >= 0.3 is 5.97 Å². The van der Waals surface area contributed by atoms with E-state index in [0.29, 0.717) is 19.4 Å². The van der Waals surface area contributed by atoms with Crippen LogP contribution >= 0.6 is 0 Å². The van der Waals surface area contributed by atoms with Gasteiger partial charge in [0.1, 0.15) is 0 Å². The van der Waals surface area contributed by atoms with Crippen molar-refractivity contribution in [3.63, 3.8) is 0 Å². The third-order valence-corrected chi connectivity index (χ3v) is 5.32. The molecular formula is C14H19NO4S. The van der Waals surface area contributed by atoms with Crippen LogP contribution in [0.15, 0.2) is 30.3 Å². The minimum Gasteiger partial charge on any atom is -0.469 e. The van der Waals surface area contributed by atoms with Crippen molar-refractivity contribution in [3.05, 3.63) is 35.9 Å². The summed E-state index contributed by atoms with van der Waals surface area (Å²) in [4.78, 5) is 11.6. The SMILES string of the molecule is COC(=O)[C@H]1CCCN(S(=O)(=O)Cc2ccccc2)C1. The Morgan fingerprint density at radius 1 is 1.35 bits per heavy atom. The average molecular weight is 297 g/mol. The molecule has 1 saturated heterocycles. The van der Waals surface area contributed by atoms with Gasteiger partial charge in [0.2, 0.25) is 10.0 Å². The smallest absolute Gasteiger partial charge is 0.309 e. The zero-order chi connectivity index (χ0) is 14.6. The summed E-state index contributed by atoms with van der Waals surface area (Å²) in [5.74, 6) is -0.703. The largest absolute Gasteiger partial charge is 0.469 e. The van der Waals surface area contributed by atoms with Crippen LogP contribution < -0.4 is 0 Å². The zero-order valence-electron chi connectivity index (χ0n) is 11.5. The first-order chi connectivity index (χ1) is 9.53. The maximum atomic E-state index is 12.4. The van der Waals surface area contributed by atoms with Crippen LogP contribution in [-0.2, 0) is 25.3 Å². The third kappa shape index (κ3) is 3.58. The molecule has 1 heterocycles. The second kappa shape index (κ2) is 6.37. The van der Waals surface area contributed by atoms with Crippen LogP contribution in [0.25, 0.3) is 0 Å². The Hall–Kier alpha value is -1.40. The maximum absolute atomic E-state index is 12.4. The highest BCUT2D eigenvalue weighted by Crippen LogP contribution is 2.22. The summed E-state index contributed by atoms with van der Waals surface area (Å²) in [5.41, 5.74) is 0.757. The number of ether oxygens (including phenoxy) is 1. The molecule has 1 fully saturated rings. The van der Waals surface area contributed by atoms with Crippen LogP contribution in [0.3, 0.4) is 0 Å². The molecule has 20 heavy (non-hydrogen) atoms. The normalized spacial score (nSPS) is 20.6. The Balaban J connectivity index is 2.07. The molecule has 0 unspecified atom stereocenters. The molecule has 1 aromatic carbocycles. The van der Waals surface area contributed by atoms with Crippen molar-refractivity contribution in [1.29, 1.82) is 0 Å². The fraction of sp³-hybridized carbons (Fsp3) is 0.500. The molecule has 1 aromatic rings. The number of nitrogens with zero attached hydrogens (tertiary/aromatic N) is 1. The quantitative estimate of drug-likeness (QED) is 0.788. The molecule has 2 rings (SSSR count). The van der Waals surface area contributed by atoms with E-state index in [1.165, 1.54) is 11.4 Å². The fourth-order valence-electron chi connectivity index (χ4n) is 2.43. The molecule has 0 bridgehead atoms. The van der Waals surface area contributed by atoms with Crippen LogP contribution in [0.5, 0.6) is 0 Å². The number of benzene rings is 1. The Morgan fingerprint density at radius 3 is 2.70 bits per heavy atom. The lowest BCUT2D eigenvalue weighted by atomic mass is 10.0. The van der Waals surface area contributed by atoms with Gasteiger partial charge in [-0.3, -0.25) is 4.79 Å². The predicted molar refractivity (Wildman–Crippen MR) is 75.4 cm³/mol. The van der Waals surface area contributed by atoms with Crippen molar-refractivity contribution in [2.45, 2.75) is 18.6 Å². The number of rotatable bonds is 4. The molecular weight excluding hydrogens is 278 g/mol. The van der Waals surface area contributed by atoms with E-state index in [1.807, 2.05) is 18.2 Å². The van der Waals surface area contributed by atoms with E-state index >= 15 is 0 Å². The first-order valence-electron chi connectivity index (χ1n) is 6.62. The van der Waals surface area contributed by atoms with E-state index in [-0.39, 0.29) is 24.2 Å².